The third-order valence-corrected chi connectivity index (χ3v) is 3.87. The lowest BCUT2D eigenvalue weighted by Gasteiger charge is -2.42. The minimum Gasteiger partial charge on any atom is -0.435 e. The summed E-state index contributed by atoms with van der Waals surface area (Å²) in [4.78, 5) is 12.0. The Morgan fingerprint density at radius 2 is 1.85 bits per heavy atom. The summed E-state index contributed by atoms with van der Waals surface area (Å²) in [6.07, 6.45) is -2.44. The van der Waals surface area contributed by atoms with Gasteiger partial charge in [0.25, 0.3) is 5.92 Å². The second kappa shape index (κ2) is 8.34. The first-order chi connectivity index (χ1) is 12.5. The van der Waals surface area contributed by atoms with Gasteiger partial charge >= 0.3 is 13.2 Å². The first-order valence-electron chi connectivity index (χ1n) is 7.82. The standard InChI is InChI=1S/C16H17F6NO4/c17-13(18)26-6-11(9-2-1-3-10(4-9)27-14(19)20)23-12(24)5-15(25)7-16(21,22)8-15/h1-4,11,13-14,25H,5-8H2,(H,23,24)/t11-/m0/s1. The van der Waals surface area contributed by atoms with Crippen LogP contribution in [0, 0.1) is 0 Å². The van der Waals surface area contributed by atoms with Crippen LogP contribution in [0.4, 0.5) is 26.3 Å². The van der Waals surface area contributed by atoms with Crippen molar-refractivity contribution in [1.29, 1.82) is 0 Å². The van der Waals surface area contributed by atoms with Crippen molar-refractivity contribution in [3.8, 4) is 5.75 Å². The quantitative estimate of drug-likeness (QED) is 0.624. The molecule has 1 aliphatic carbocycles. The second-order valence-electron chi connectivity index (χ2n) is 6.28. The molecule has 1 aliphatic rings. The van der Waals surface area contributed by atoms with Gasteiger partial charge in [0.15, 0.2) is 0 Å². The summed E-state index contributed by atoms with van der Waals surface area (Å²) in [5, 5.41) is 12.1. The summed E-state index contributed by atoms with van der Waals surface area (Å²) in [6.45, 7) is -6.98. The largest absolute Gasteiger partial charge is 0.435 e. The van der Waals surface area contributed by atoms with E-state index in [0.717, 1.165) is 6.07 Å². The number of hydrogen-bond acceptors (Lipinski definition) is 4. The number of benzene rings is 1. The van der Waals surface area contributed by atoms with E-state index in [-0.39, 0.29) is 11.3 Å². The van der Waals surface area contributed by atoms with E-state index in [1.54, 1.807) is 0 Å². The van der Waals surface area contributed by atoms with Crippen molar-refractivity contribution in [3.05, 3.63) is 29.8 Å². The molecule has 5 nitrogen and oxygen atoms in total. The molecule has 0 spiro atoms. The molecule has 0 radical (unpaired) electrons. The Balaban J connectivity index is 2.06. The maximum atomic E-state index is 12.9. The molecule has 1 atom stereocenters. The van der Waals surface area contributed by atoms with Crippen molar-refractivity contribution in [2.24, 2.45) is 0 Å². The Morgan fingerprint density at radius 1 is 1.19 bits per heavy atom. The molecule has 0 unspecified atom stereocenters. The van der Waals surface area contributed by atoms with Crippen LogP contribution in [0.5, 0.6) is 5.75 Å². The van der Waals surface area contributed by atoms with E-state index in [4.69, 9.17) is 0 Å². The van der Waals surface area contributed by atoms with Crippen LogP contribution in [0.25, 0.3) is 0 Å². The van der Waals surface area contributed by atoms with Crippen molar-refractivity contribution in [1.82, 2.24) is 5.32 Å². The molecule has 0 bridgehead atoms. The van der Waals surface area contributed by atoms with Gasteiger partial charge in [-0.3, -0.25) is 4.79 Å². The normalized spacial score (nSPS) is 18.9. The molecule has 1 amide bonds. The zero-order valence-electron chi connectivity index (χ0n) is 13.8. The van der Waals surface area contributed by atoms with Gasteiger partial charge in [0.2, 0.25) is 5.91 Å². The number of alkyl halides is 6. The minimum atomic E-state index is -3.15. The highest BCUT2D eigenvalue weighted by Crippen LogP contribution is 2.47. The van der Waals surface area contributed by atoms with Gasteiger partial charge in [-0.2, -0.15) is 17.6 Å². The van der Waals surface area contributed by atoms with Crippen molar-refractivity contribution in [2.45, 2.75) is 50.1 Å². The third kappa shape index (κ3) is 6.58. The van der Waals surface area contributed by atoms with Gasteiger partial charge in [-0.25, -0.2) is 8.78 Å². The molecule has 0 saturated heterocycles. The number of halogens is 6. The van der Waals surface area contributed by atoms with Crippen LogP contribution in [-0.4, -0.2) is 42.4 Å². The fraction of sp³-hybridized carbons (Fsp3) is 0.562. The van der Waals surface area contributed by atoms with Gasteiger partial charge in [0, 0.05) is 12.8 Å². The predicted octanol–water partition coefficient (Wildman–Crippen LogP) is 3.23. The van der Waals surface area contributed by atoms with Gasteiger partial charge in [0.1, 0.15) is 5.75 Å². The van der Waals surface area contributed by atoms with Crippen LogP contribution in [0.2, 0.25) is 0 Å². The smallest absolute Gasteiger partial charge is 0.387 e. The molecular weight excluding hydrogens is 384 g/mol. The second-order valence-corrected chi connectivity index (χ2v) is 6.28. The summed E-state index contributed by atoms with van der Waals surface area (Å²) in [6, 6.07) is 3.75. The summed E-state index contributed by atoms with van der Waals surface area (Å²) in [7, 11) is 0. The van der Waals surface area contributed by atoms with Crippen LogP contribution in [0.15, 0.2) is 24.3 Å². The lowest BCUT2D eigenvalue weighted by atomic mass is 9.74. The van der Waals surface area contributed by atoms with E-state index in [1.807, 2.05) is 0 Å². The SMILES string of the molecule is O=C(CC1(O)CC(F)(F)C1)N[C@@H](COC(F)F)c1cccc(OC(F)F)c1. The third-order valence-electron chi connectivity index (χ3n) is 3.87. The van der Waals surface area contributed by atoms with E-state index >= 15 is 0 Å². The van der Waals surface area contributed by atoms with E-state index in [0.29, 0.717) is 0 Å². The van der Waals surface area contributed by atoms with E-state index in [1.165, 1.54) is 18.2 Å². The molecule has 1 saturated carbocycles. The topological polar surface area (TPSA) is 67.8 Å². The summed E-state index contributed by atoms with van der Waals surface area (Å²) >= 11 is 0. The number of ether oxygens (including phenoxy) is 2. The van der Waals surface area contributed by atoms with Gasteiger partial charge in [0.05, 0.1) is 24.7 Å². The van der Waals surface area contributed by atoms with Gasteiger partial charge in [-0.15, -0.1) is 0 Å². The molecule has 1 fully saturated rings. The van der Waals surface area contributed by atoms with Crippen LogP contribution in [0.1, 0.15) is 30.9 Å². The number of amides is 1. The number of hydrogen-bond donors (Lipinski definition) is 2. The van der Waals surface area contributed by atoms with Crippen molar-refractivity contribution in [2.75, 3.05) is 6.61 Å². The number of aliphatic hydroxyl groups is 1. The minimum absolute atomic E-state index is 0.119. The Hall–Kier alpha value is -2.01. The van der Waals surface area contributed by atoms with Crippen molar-refractivity contribution >= 4 is 5.91 Å². The zero-order chi connectivity index (χ0) is 20.2. The molecule has 1 aromatic carbocycles. The maximum Gasteiger partial charge on any atom is 0.387 e. The first-order valence-corrected chi connectivity index (χ1v) is 7.82. The number of nitrogens with one attached hydrogen (secondary N) is 1. The lowest BCUT2D eigenvalue weighted by Crippen LogP contribution is -2.54. The summed E-state index contributed by atoms with van der Waals surface area (Å²) < 4.78 is 83.5. The molecule has 2 N–H and O–H groups in total. The van der Waals surface area contributed by atoms with Crippen LogP contribution in [-0.2, 0) is 9.53 Å². The van der Waals surface area contributed by atoms with Crippen LogP contribution in [0.3, 0.4) is 0 Å². The Morgan fingerprint density at radius 3 is 2.41 bits per heavy atom. The van der Waals surface area contributed by atoms with Crippen molar-refractivity contribution in [3.63, 3.8) is 0 Å². The van der Waals surface area contributed by atoms with Crippen LogP contribution < -0.4 is 10.1 Å². The highest BCUT2D eigenvalue weighted by Gasteiger charge is 2.56. The molecule has 1 aromatic rings. The highest BCUT2D eigenvalue weighted by molar-refractivity contribution is 5.77. The summed E-state index contributed by atoms with van der Waals surface area (Å²) in [5.74, 6) is -4.21. The van der Waals surface area contributed by atoms with E-state index in [2.05, 4.69) is 14.8 Å². The highest BCUT2D eigenvalue weighted by atomic mass is 19.3. The Kier molecular flexibility index (Phi) is 6.58. The monoisotopic (exact) mass is 401 g/mol. The molecule has 0 heterocycles. The number of rotatable bonds is 9. The first kappa shape index (κ1) is 21.3. The molecule has 2 rings (SSSR count). The van der Waals surface area contributed by atoms with Crippen LogP contribution >= 0.6 is 0 Å². The molecule has 27 heavy (non-hydrogen) atoms. The fourth-order valence-electron chi connectivity index (χ4n) is 2.88. The van der Waals surface area contributed by atoms with Gasteiger partial charge in [-0.05, 0) is 17.7 Å². The summed E-state index contributed by atoms with van der Waals surface area (Å²) in [5.41, 5.74) is -1.77. The van der Waals surface area contributed by atoms with E-state index in [9.17, 15) is 36.2 Å². The van der Waals surface area contributed by atoms with E-state index < -0.39 is 62.6 Å². The van der Waals surface area contributed by atoms with Crippen molar-refractivity contribution < 1.29 is 45.7 Å². The molecule has 0 aliphatic heterocycles. The maximum absolute atomic E-state index is 12.9. The molecule has 0 aromatic heterocycles. The molecular formula is C16H17F6NO4. The molecule has 152 valence electrons. The average Bonchev–Trinajstić information content (AvgIpc) is 2.48. The Bertz CT molecular complexity index is 650. The fourth-order valence-corrected chi connectivity index (χ4v) is 2.88. The lowest BCUT2D eigenvalue weighted by molar-refractivity contribution is -0.207. The average molecular weight is 401 g/mol. The van der Waals surface area contributed by atoms with Gasteiger partial charge in [-0.1, -0.05) is 12.1 Å². The Labute approximate surface area is 150 Å². The predicted molar refractivity (Wildman–Crippen MR) is 79.7 cm³/mol. The molecule has 11 heteroatoms. The number of carbonyl (C=O) groups is 1. The van der Waals surface area contributed by atoms with Gasteiger partial charge < -0.3 is 19.9 Å². The number of carbonyl (C=O) groups excluding carboxylic acids is 1. The zero-order valence-corrected chi connectivity index (χ0v) is 13.8.